The van der Waals surface area contributed by atoms with Crippen LogP contribution in [0, 0.1) is 11.6 Å². The molecule has 0 amide bonds. The summed E-state index contributed by atoms with van der Waals surface area (Å²) in [5.74, 6) is -3.06. The molecule has 0 saturated heterocycles. The van der Waals surface area contributed by atoms with Gasteiger partial charge >= 0.3 is 5.69 Å². The van der Waals surface area contributed by atoms with Crippen molar-refractivity contribution in [3.8, 4) is 5.75 Å². The standard InChI is InChI=1S/C30H30ClF2N3O7/c1-29(2,41)13-24(37)35-21-8-5-17(11-22(21)36(28(35)40)25(38)14-30(3,4)42)15-34-10-9-23(26(31)27(34)39)43-16-18-6-7-19(32)12-20(18)33/h5-12,41-42H,13-16H2,1-4H3. The van der Waals surface area contributed by atoms with Crippen LogP contribution in [-0.4, -0.2) is 46.9 Å². The van der Waals surface area contributed by atoms with Gasteiger partial charge in [0.05, 0.1) is 41.6 Å². The van der Waals surface area contributed by atoms with Crippen LogP contribution >= 0.6 is 11.6 Å². The highest BCUT2D eigenvalue weighted by molar-refractivity contribution is 6.31. The van der Waals surface area contributed by atoms with E-state index in [4.69, 9.17) is 16.3 Å². The lowest BCUT2D eigenvalue weighted by atomic mass is 10.1. The van der Waals surface area contributed by atoms with Crippen molar-refractivity contribution < 1.29 is 33.3 Å². The lowest BCUT2D eigenvalue weighted by Crippen LogP contribution is -2.37. The maximum atomic E-state index is 13.9. The fourth-order valence-corrected chi connectivity index (χ4v) is 4.70. The number of hydrogen-bond acceptors (Lipinski definition) is 7. The summed E-state index contributed by atoms with van der Waals surface area (Å²) in [5.41, 5.74) is -3.77. The van der Waals surface area contributed by atoms with Crippen LogP contribution in [0.1, 0.15) is 61.3 Å². The zero-order chi connectivity index (χ0) is 31.9. The predicted molar refractivity (Wildman–Crippen MR) is 155 cm³/mol. The van der Waals surface area contributed by atoms with Gasteiger partial charge in [-0.1, -0.05) is 17.7 Å². The Morgan fingerprint density at radius 2 is 1.49 bits per heavy atom. The van der Waals surface area contributed by atoms with Crippen LogP contribution in [0.15, 0.2) is 58.3 Å². The number of aliphatic hydroxyl groups is 2. The quantitative estimate of drug-likeness (QED) is 0.289. The maximum Gasteiger partial charge on any atom is 0.342 e. The minimum absolute atomic E-state index is 0.0180. The van der Waals surface area contributed by atoms with E-state index in [0.717, 1.165) is 15.2 Å². The van der Waals surface area contributed by atoms with Crippen LogP contribution in [0.4, 0.5) is 8.78 Å². The fraction of sp³-hybridized carbons (Fsp3) is 0.333. The second kappa shape index (κ2) is 11.9. The molecule has 2 N–H and O–H groups in total. The number of carbonyl (C=O) groups excluding carboxylic acids is 2. The maximum absolute atomic E-state index is 13.9. The third-order valence-electron chi connectivity index (χ3n) is 6.39. The zero-order valence-electron chi connectivity index (χ0n) is 23.9. The minimum atomic E-state index is -1.45. The fourth-order valence-electron chi connectivity index (χ4n) is 4.48. The molecule has 0 radical (unpaired) electrons. The van der Waals surface area contributed by atoms with Gasteiger partial charge in [0.15, 0.2) is 0 Å². The second-order valence-electron chi connectivity index (χ2n) is 11.5. The van der Waals surface area contributed by atoms with Gasteiger partial charge in [-0.05, 0) is 63.6 Å². The number of fused-ring (bicyclic) bond motifs is 1. The molecule has 10 nitrogen and oxygen atoms in total. The van der Waals surface area contributed by atoms with Gasteiger partial charge in [0.25, 0.3) is 5.56 Å². The van der Waals surface area contributed by atoms with Crippen LogP contribution in [0.2, 0.25) is 5.02 Å². The Balaban J connectivity index is 1.69. The Morgan fingerprint density at radius 1 is 0.884 bits per heavy atom. The molecule has 43 heavy (non-hydrogen) atoms. The van der Waals surface area contributed by atoms with E-state index in [9.17, 15) is 38.2 Å². The number of halogens is 3. The van der Waals surface area contributed by atoms with Gasteiger partial charge in [-0.3, -0.25) is 14.4 Å². The van der Waals surface area contributed by atoms with Crippen LogP contribution in [0.25, 0.3) is 11.0 Å². The number of hydrogen-bond donors (Lipinski definition) is 2. The third kappa shape index (κ3) is 7.27. The van der Waals surface area contributed by atoms with Crippen molar-refractivity contribution in [2.75, 3.05) is 0 Å². The topological polar surface area (TPSA) is 133 Å². The number of rotatable bonds is 9. The van der Waals surface area contributed by atoms with Crippen LogP contribution in [0.3, 0.4) is 0 Å². The summed E-state index contributed by atoms with van der Waals surface area (Å²) in [7, 11) is 0. The largest absolute Gasteiger partial charge is 0.487 e. The van der Waals surface area contributed by atoms with E-state index in [1.165, 1.54) is 62.7 Å². The third-order valence-corrected chi connectivity index (χ3v) is 6.74. The molecule has 0 saturated carbocycles. The summed E-state index contributed by atoms with van der Waals surface area (Å²) in [6.45, 7) is 5.27. The van der Waals surface area contributed by atoms with Crippen molar-refractivity contribution in [3.63, 3.8) is 0 Å². The Kier molecular flexibility index (Phi) is 8.77. The van der Waals surface area contributed by atoms with Crippen LogP contribution in [-0.2, 0) is 13.2 Å². The smallest absolute Gasteiger partial charge is 0.342 e. The summed E-state index contributed by atoms with van der Waals surface area (Å²) in [6.07, 6.45) is 0.567. The summed E-state index contributed by atoms with van der Waals surface area (Å²) in [6, 6.07) is 8.88. The molecule has 2 aromatic heterocycles. The molecular formula is C30H30ClF2N3O7. The molecule has 0 bridgehead atoms. The van der Waals surface area contributed by atoms with Gasteiger partial charge in [-0.2, -0.15) is 0 Å². The number of ether oxygens (including phenoxy) is 1. The van der Waals surface area contributed by atoms with E-state index >= 15 is 0 Å². The molecule has 4 aromatic rings. The number of benzene rings is 2. The highest BCUT2D eigenvalue weighted by Crippen LogP contribution is 2.24. The number of aromatic nitrogens is 3. The van der Waals surface area contributed by atoms with E-state index in [2.05, 4.69) is 0 Å². The Hall–Kier alpha value is -4.13. The first-order valence-corrected chi connectivity index (χ1v) is 13.6. The Labute approximate surface area is 249 Å². The monoisotopic (exact) mass is 617 g/mol. The van der Waals surface area contributed by atoms with Crippen LogP contribution in [0.5, 0.6) is 5.75 Å². The number of carbonyl (C=O) groups is 2. The van der Waals surface area contributed by atoms with Gasteiger partial charge in [0.2, 0.25) is 11.8 Å². The van der Waals surface area contributed by atoms with Gasteiger partial charge in [-0.25, -0.2) is 22.7 Å². The summed E-state index contributed by atoms with van der Waals surface area (Å²) in [5, 5.41) is 20.1. The summed E-state index contributed by atoms with van der Waals surface area (Å²) in [4.78, 5) is 52.5. The highest BCUT2D eigenvalue weighted by atomic mass is 35.5. The van der Waals surface area contributed by atoms with Crippen molar-refractivity contribution in [3.05, 3.63) is 97.3 Å². The number of nitrogens with zero attached hydrogens (tertiary/aromatic N) is 3. The van der Waals surface area contributed by atoms with Crippen LogP contribution < -0.4 is 16.0 Å². The zero-order valence-corrected chi connectivity index (χ0v) is 24.6. The van der Waals surface area contributed by atoms with Crippen molar-refractivity contribution in [1.82, 2.24) is 13.7 Å². The van der Waals surface area contributed by atoms with Gasteiger partial charge in [-0.15, -0.1) is 0 Å². The minimum Gasteiger partial charge on any atom is -0.487 e. The Morgan fingerprint density at radius 3 is 2.07 bits per heavy atom. The molecule has 0 aliphatic carbocycles. The average Bonchev–Trinajstić information content (AvgIpc) is 3.16. The van der Waals surface area contributed by atoms with E-state index in [1.54, 1.807) is 6.07 Å². The lowest BCUT2D eigenvalue weighted by molar-refractivity contribution is 0.0529. The molecule has 2 aromatic carbocycles. The highest BCUT2D eigenvalue weighted by Gasteiger charge is 2.28. The molecular weight excluding hydrogens is 588 g/mol. The van der Waals surface area contributed by atoms with E-state index in [1.807, 2.05) is 0 Å². The van der Waals surface area contributed by atoms with Crippen molar-refractivity contribution in [2.45, 2.75) is 64.9 Å². The van der Waals surface area contributed by atoms with Crippen molar-refractivity contribution in [2.24, 2.45) is 0 Å². The predicted octanol–water partition coefficient (Wildman–Crippen LogP) is 4.13. The molecule has 0 spiro atoms. The lowest BCUT2D eigenvalue weighted by Gasteiger charge is -2.16. The van der Waals surface area contributed by atoms with Gasteiger partial charge in [0, 0.05) is 17.8 Å². The van der Waals surface area contributed by atoms with Crippen molar-refractivity contribution in [1.29, 1.82) is 0 Å². The number of imidazole rings is 1. The normalized spacial score (nSPS) is 12.1. The van der Waals surface area contributed by atoms with Gasteiger partial charge in [0.1, 0.15) is 29.0 Å². The molecule has 0 fully saturated rings. The first kappa shape index (κ1) is 31.8. The number of pyridine rings is 1. The van der Waals surface area contributed by atoms with E-state index in [-0.39, 0.29) is 40.5 Å². The first-order valence-electron chi connectivity index (χ1n) is 13.2. The first-order chi connectivity index (χ1) is 19.9. The van der Waals surface area contributed by atoms with E-state index in [0.29, 0.717) is 11.6 Å². The SMILES string of the molecule is CC(C)(O)CC(=O)n1c(=O)n(C(=O)CC(C)(C)O)c2cc(Cn3ccc(OCc4ccc(F)cc4F)c(Cl)c3=O)ccc21. The molecule has 2 heterocycles. The van der Waals surface area contributed by atoms with Crippen molar-refractivity contribution >= 4 is 34.4 Å². The molecule has 4 rings (SSSR count). The molecule has 0 atom stereocenters. The van der Waals surface area contributed by atoms with Gasteiger partial charge < -0.3 is 19.5 Å². The summed E-state index contributed by atoms with van der Waals surface area (Å²) < 4.78 is 35.4. The summed E-state index contributed by atoms with van der Waals surface area (Å²) >= 11 is 6.24. The molecule has 0 aliphatic rings. The molecule has 0 unspecified atom stereocenters. The average molecular weight is 618 g/mol. The van der Waals surface area contributed by atoms with E-state index < -0.39 is 58.7 Å². The second-order valence-corrected chi connectivity index (χ2v) is 11.9. The Bertz CT molecular complexity index is 1850. The molecule has 0 aliphatic heterocycles. The molecule has 13 heteroatoms. The molecule has 228 valence electrons.